The number of para-hydroxylation sites is 2. The number of aryl methyl sites for hydroxylation is 1. The van der Waals surface area contributed by atoms with Crippen molar-refractivity contribution >= 4 is 16.9 Å². The van der Waals surface area contributed by atoms with Gasteiger partial charge in [0.25, 0.3) is 0 Å². The molecule has 0 spiro atoms. The van der Waals surface area contributed by atoms with Crippen molar-refractivity contribution < 1.29 is 14.3 Å². The SMILES string of the molecule is COCC(=O)NCCc1nc2ccccc2n1CCCCOc1ccc(C(C)(C)C)cc1. The first-order chi connectivity index (χ1) is 15.4. The third kappa shape index (κ3) is 6.57. The van der Waals surface area contributed by atoms with Gasteiger partial charge in [0.15, 0.2) is 0 Å². The maximum Gasteiger partial charge on any atom is 0.245 e. The van der Waals surface area contributed by atoms with Crippen LogP contribution < -0.4 is 10.1 Å². The molecule has 172 valence electrons. The molecular weight excluding hydrogens is 402 g/mol. The average Bonchev–Trinajstić information content (AvgIpc) is 3.11. The molecule has 0 fully saturated rings. The predicted molar refractivity (Wildman–Crippen MR) is 128 cm³/mol. The van der Waals surface area contributed by atoms with Gasteiger partial charge in [0, 0.05) is 26.6 Å². The summed E-state index contributed by atoms with van der Waals surface area (Å²) in [5.74, 6) is 1.80. The molecular formula is C26H35N3O3. The maximum atomic E-state index is 11.6. The number of aromatic nitrogens is 2. The normalized spacial score (nSPS) is 11.6. The zero-order valence-electron chi connectivity index (χ0n) is 19.7. The molecule has 0 saturated carbocycles. The van der Waals surface area contributed by atoms with Gasteiger partial charge >= 0.3 is 0 Å². The molecule has 0 unspecified atom stereocenters. The van der Waals surface area contributed by atoms with Crippen LogP contribution in [0, 0.1) is 0 Å². The van der Waals surface area contributed by atoms with Gasteiger partial charge in [0.05, 0.1) is 17.6 Å². The minimum Gasteiger partial charge on any atom is -0.494 e. The van der Waals surface area contributed by atoms with Gasteiger partial charge in [-0.3, -0.25) is 4.79 Å². The Balaban J connectivity index is 1.52. The Morgan fingerprint density at radius 1 is 1.06 bits per heavy atom. The smallest absolute Gasteiger partial charge is 0.245 e. The van der Waals surface area contributed by atoms with Crippen molar-refractivity contribution in [2.24, 2.45) is 0 Å². The third-order valence-corrected chi connectivity index (χ3v) is 5.44. The fourth-order valence-corrected chi connectivity index (χ4v) is 3.67. The number of fused-ring (bicyclic) bond motifs is 1. The molecule has 3 rings (SSSR count). The van der Waals surface area contributed by atoms with Crippen LogP contribution in [-0.4, -0.2) is 42.3 Å². The zero-order chi connectivity index (χ0) is 23.0. The maximum absolute atomic E-state index is 11.6. The monoisotopic (exact) mass is 437 g/mol. The first-order valence-corrected chi connectivity index (χ1v) is 11.3. The molecule has 2 aromatic carbocycles. The Bertz CT molecular complexity index is 1000. The third-order valence-electron chi connectivity index (χ3n) is 5.44. The van der Waals surface area contributed by atoms with Crippen molar-refractivity contribution in [2.75, 3.05) is 26.9 Å². The number of carbonyl (C=O) groups excluding carboxylic acids is 1. The number of amides is 1. The highest BCUT2D eigenvalue weighted by molar-refractivity contribution is 5.77. The van der Waals surface area contributed by atoms with Gasteiger partial charge in [0.2, 0.25) is 5.91 Å². The van der Waals surface area contributed by atoms with Crippen molar-refractivity contribution in [2.45, 2.75) is 52.0 Å². The summed E-state index contributed by atoms with van der Waals surface area (Å²) in [7, 11) is 1.52. The van der Waals surface area contributed by atoms with Crippen molar-refractivity contribution in [3.05, 3.63) is 59.9 Å². The quantitative estimate of drug-likeness (QED) is 0.449. The molecule has 0 atom stereocenters. The highest BCUT2D eigenvalue weighted by Crippen LogP contribution is 2.24. The highest BCUT2D eigenvalue weighted by Gasteiger charge is 2.13. The molecule has 1 heterocycles. The number of nitrogens with zero attached hydrogens (tertiary/aromatic N) is 2. The number of carbonyl (C=O) groups is 1. The fourth-order valence-electron chi connectivity index (χ4n) is 3.67. The highest BCUT2D eigenvalue weighted by atomic mass is 16.5. The fraction of sp³-hybridized carbons (Fsp3) is 0.462. The lowest BCUT2D eigenvalue weighted by Gasteiger charge is -2.19. The first-order valence-electron chi connectivity index (χ1n) is 11.3. The number of ether oxygens (including phenoxy) is 2. The van der Waals surface area contributed by atoms with E-state index in [1.54, 1.807) is 0 Å². The second-order valence-corrected chi connectivity index (χ2v) is 9.03. The molecule has 0 bridgehead atoms. The van der Waals surface area contributed by atoms with Gasteiger partial charge in [-0.15, -0.1) is 0 Å². The molecule has 0 aliphatic carbocycles. The van der Waals surface area contributed by atoms with Crippen LogP contribution in [0.3, 0.4) is 0 Å². The lowest BCUT2D eigenvalue weighted by molar-refractivity contribution is -0.124. The van der Waals surface area contributed by atoms with E-state index in [4.69, 9.17) is 14.5 Å². The molecule has 6 nitrogen and oxygen atoms in total. The van der Waals surface area contributed by atoms with Crippen LogP contribution in [0.2, 0.25) is 0 Å². The predicted octanol–water partition coefficient (Wildman–Crippen LogP) is 4.50. The number of benzene rings is 2. The van der Waals surface area contributed by atoms with Crippen molar-refractivity contribution in [1.82, 2.24) is 14.9 Å². The molecule has 3 aromatic rings. The molecule has 6 heteroatoms. The summed E-state index contributed by atoms with van der Waals surface area (Å²) in [5.41, 5.74) is 3.57. The van der Waals surface area contributed by atoms with Crippen LogP contribution in [0.5, 0.6) is 5.75 Å². The van der Waals surface area contributed by atoms with Crippen LogP contribution >= 0.6 is 0 Å². The Morgan fingerprint density at radius 3 is 2.53 bits per heavy atom. The van der Waals surface area contributed by atoms with E-state index < -0.39 is 0 Å². The molecule has 0 radical (unpaired) electrons. The zero-order valence-corrected chi connectivity index (χ0v) is 19.7. The largest absolute Gasteiger partial charge is 0.494 e. The number of hydrogen-bond donors (Lipinski definition) is 1. The standard InChI is InChI=1S/C26H35N3O3/c1-26(2,3)20-11-13-21(14-12-20)32-18-8-7-17-29-23-10-6-5-9-22(23)28-24(29)15-16-27-25(30)19-31-4/h5-6,9-14H,7-8,15-19H2,1-4H3,(H,27,30). The molecule has 1 amide bonds. The summed E-state index contributed by atoms with van der Waals surface area (Å²) < 4.78 is 13.1. The Kier molecular flexibility index (Phi) is 8.28. The van der Waals surface area contributed by atoms with Crippen LogP contribution in [0.25, 0.3) is 11.0 Å². The molecule has 0 aliphatic rings. The van der Waals surface area contributed by atoms with Gasteiger partial charge in [-0.25, -0.2) is 4.98 Å². The van der Waals surface area contributed by atoms with Gasteiger partial charge in [0.1, 0.15) is 18.2 Å². The number of nitrogens with one attached hydrogen (secondary N) is 1. The van der Waals surface area contributed by atoms with E-state index in [2.05, 4.69) is 61.0 Å². The lowest BCUT2D eigenvalue weighted by Crippen LogP contribution is -2.29. The van der Waals surface area contributed by atoms with Crippen LogP contribution in [0.1, 0.15) is 45.0 Å². The Labute approximate surface area is 190 Å². The number of rotatable bonds is 11. The van der Waals surface area contributed by atoms with E-state index in [1.165, 1.54) is 12.7 Å². The Hall–Kier alpha value is -2.86. The van der Waals surface area contributed by atoms with E-state index >= 15 is 0 Å². The lowest BCUT2D eigenvalue weighted by atomic mass is 9.87. The van der Waals surface area contributed by atoms with Gasteiger partial charge in [-0.05, 0) is 48.1 Å². The second-order valence-electron chi connectivity index (χ2n) is 9.03. The van der Waals surface area contributed by atoms with E-state index in [1.807, 2.05) is 18.2 Å². The summed E-state index contributed by atoms with van der Waals surface area (Å²) in [6.07, 6.45) is 2.63. The number of hydrogen-bond acceptors (Lipinski definition) is 4. The molecule has 1 N–H and O–H groups in total. The van der Waals surface area contributed by atoms with E-state index in [9.17, 15) is 4.79 Å². The minimum absolute atomic E-state index is 0.0787. The van der Waals surface area contributed by atoms with Crippen LogP contribution in [-0.2, 0) is 27.9 Å². The van der Waals surface area contributed by atoms with Crippen LogP contribution in [0.4, 0.5) is 0 Å². The first kappa shape index (κ1) is 23.8. The van der Waals surface area contributed by atoms with E-state index in [-0.39, 0.29) is 17.9 Å². The topological polar surface area (TPSA) is 65.4 Å². The summed E-state index contributed by atoms with van der Waals surface area (Å²) in [4.78, 5) is 16.4. The van der Waals surface area contributed by atoms with Crippen molar-refractivity contribution in [1.29, 1.82) is 0 Å². The summed E-state index contributed by atoms with van der Waals surface area (Å²) in [5, 5.41) is 2.87. The minimum atomic E-state index is -0.108. The van der Waals surface area contributed by atoms with Gasteiger partial charge in [-0.2, -0.15) is 0 Å². The molecule has 32 heavy (non-hydrogen) atoms. The Morgan fingerprint density at radius 2 is 1.81 bits per heavy atom. The number of unbranched alkanes of at least 4 members (excludes halogenated alkanes) is 1. The van der Waals surface area contributed by atoms with Gasteiger partial charge < -0.3 is 19.4 Å². The van der Waals surface area contributed by atoms with Crippen LogP contribution in [0.15, 0.2) is 48.5 Å². The van der Waals surface area contributed by atoms with Gasteiger partial charge in [-0.1, -0.05) is 45.0 Å². The molecule has 0 saturated heterocycles. The van der Waals surface area contributed by atoms with Crippen molar-refractivity contribution in [3.63, 3.8) is 0 Å². The van der Waals surface area contributed by atoms with E-state index in [0.717, 1.165) is 42.0 Å². The number of imidazole rings is 1. The molecule has 1 aromatic heterocycles. The summed E-state index contributed by atoms with van der Waals surface area (Å²) in [6, 6.07) is 16.6. The summed E-state index contributed by atoms with van der Waals surface area (Å²) in [6.45, 7) is 8.81. The van der Waals surface area contributed by atoms with Crippen molar-refractivity contribution in [3.8, 4) is 5.75 Å². The number of methoxy groups -OCH3 is 1. The molecule has 0 aliphatic heterocycles. The van der Waals surface area contributed by atoms with E-state index in [0.29, 0.717) is 19.6 Å². The average molecular weight is 438 g/mol. The second kappa shape index (κ2) is 11.1. The summed E-state index contributed by atoms with van der Waals surface area (Å²) >= 11 is 0.